The third-order valence-electron chi connectivity index (χ3n) is 4.70. The molecule has 1 amide bonds. The second-order valence-corrected chi connectivity index (χ2v) is 6.54. The lowest BCUT2D eigenvalue weighted by atomic mass is 9.73. The van der Waals surface area contributed by atoms with Crippen molar-refractivity contribution in [1.82, 2.24) is 20.3 Å². The minimum absolute atomic E-state index is 0.0718. The number of aromatic nitrogens is 3. The monoisotopic (exact) mass is 358 g/mol. The predicted molar refractivity (Wildman–Crippen MR) is 92.4 cm³/mol. The summed E-state index contributed by atoms with van der Waals surface area (Å²) < 4.78 is 6.69. The van der Waals surface area contributed by atoms with Gasteiger partial charge in [-0.2, -0.15) is 0 Å². The smallest absolute Gasteiger partial charge is 0.325 e. The average molecular weight is 358 g/mol. The van der Waals surface area contributed by atoms with Gasteiger partial charge in [0.25, 0.3) is 0 Å². The SMILES string of the molecule is Cc1ccc(C2(C(=O)NCc3cn(CC(=O)O)nn3)CCOCC2)cc1. The van der Waals surface area contributed by atoms with Crippen molar-refractivity contribution in [3.63, 3.8) is 0 Å². The molecule has 1 aromatic heterocycles. The Kier molecular flexibility index (Phi) is 5.32. The van der Waals surface area contributed by atoms with Gasteiger partial charge in [0, 0.05) is 13.2 Å². The number of carbonyl (C=O) groups excluding carboxylic acids is 1. The molecular weight excluding hydrogens is 336 g/mol. The Morgan fingerprint density at radius 1 is 1.27 bits per heavy atom. The van der Waals surface area contributed by atoms with Crippen LogP contribution < -0.4 is 5.32 Å². The molecule has 0 saturated carbocycles. The summed E-state index contributed by atoms with van der Waals surface area (Å²) in [5.41, 5.74) is 2.03. The third-order valence-corrected chi connectivity index (χ3v) is 4.70. The van der Waals surface area contributed by atoms with Gasteiger partial charge in [-0.1, -0.05) is 35.0 Å². The van der Waals surface area contributed by atoms with Gasteiger partial charge in [-0.25, -0.2) is 4.68 Å². The number of carbonyl (C=O) groups is 2. The maximum atomic E-state index is 13.0. The molecule has 1 aliphatic rings. The molecule has 0 atom stereocenters. The fraction of sp³-hybridized carbons (Fsp3) is 0.444. The highest BCUT2D eigenvalue weighted by atomic mass is 16.5. The molecule has 2 heterocycles. The molecule has 1 saturated heterocycles. The number of amides is 1. The van der Waals surface area contributed by atoms with Crippen LogP contribution in [0, 0.1) is 6.92 Å². The summed E-state index contributed by atoms with van der Waals surface area (Å²) in [6.07, 6.45) is 2.76. The summed E-state index contributed by atoms with van der Waals surface area (Å²) in [6, 6.07) is 8.03. The fourth-order valence-corrected chi connectivity index (χ4v) is 3.21. The van der Waals surface area contributed by atoms with Gasteiger partial charge in [0.15, 0.2) is 0 Å². The van der Waals surface area contributed by atoms with Crippen molar-refractivity contribution in [3.05, 3.63) is 47.3 Å². The number of aryl methyl sites for hydroxylation is 1. The molecule has 8 nitrogen and oxygen atoms in total. The molecule has 0 spiro atoms. The lowest BCUT2D eigenvalue weighted by Gasteiger charge is -2.36. The van der Waals surface area contributed by atoms with E-state index in [1.54, 1.807) is 0 Å². The number of hydrogen-bond acceptors (Lipinski definition) is 5. The second kappa shape index (κ2) is 7.65. The van der Waals surface area contributed by atoms with E-state index in [1.807, 2.05) is 31.2 Å². The van der Waals surface area contributed by atoms with Crippen molar-refractivity contribution in [2.24, 2.45) is 0 Å². The van der Waals surface area contributed by atoms with Crippen LogP contribution in [0.15, 0.2) is 30.5 Å². The van der Waals surface area contributed by atoms with E-state index in [2.05, 4.69) is 15.6 Å². The van der Waals surface area contributed by atoms with Gasteiger partial charge < -0.3 is 15.2 Å². The molecule has 2 aromatic rings. The quantitative estimate of drug-likeness (QED) is 0.799. The van der Waals surface area contributed by atoms with Crippen molar-refractivity contribution in [3.8, 4) is 0 Å². The van der Waals surface area contributed by atoms with Gasteiger partial charge in [0.05, 0.1) is 18.2 Å². The number of nitrogens with one attached hydrogen (secondary N) is 1. The number of carboxylic acid groups (broad SMARTS) is 1. The van der Waals surface area contributed by atoms with Crippen molar-refractivity contribution in [1.29, 1.82) is 0 Å². The van der Waals surface area contributed by atoms with Gasteiger partial charge in [-0.05, 0) is 25.3 Å². The zero-order valence-corrected chi connectivity index (χ0v) is 14.6. The second-order valence-electron chi connectivity index (χ2n) is 6.54. The number of rotatable bonds is 6. The van der Waals surface area contributed by atoms with Crippen molar-refractivity contribution in [2.75, 3.05) is 13.2 Å². The Hall–Kier alpha value is -2.74. The van der Waals surface area contributed by atoms with E-state index in [0.29, 0.717) is 31.7 Å². The highest BCUT2D eigenvalue weighted by Gasteiger charge is 2.41. The standard InChI is InChI=1S/C18H22N4O4/c1-13-2-4-14(5-3-13)18(6-8-26-9-7-18)17(25)19-10-15-11-22(21-20-15)12-16(23)24/h2-5,11H,6-10,12H2,1H3,(H,19,25)(H,23,24). The van der Waals surface area contributed by atoms with Crippen molar-refractivity contribution >= 4 is 11.9 Å². The first-order chi connectivity index (χ1) is 12.5. The molecule has 2 N–H and O–H groups in total. The van der Waals surface area contributed by atoms with E-state index in [1.165, 1.54) is 10.9 Å². The molecule has 1 aromatic carbocycles. The van der Waals surface area contributed by atoms with Gasteiger partial charge >= 0.3 is 5.97 Å². The van der Waals surface area contributed by atoms with Crippen LogP contribution in [0.5, 0.6) is 0 Å². The summed E-state index contributed by atoms with van der Waals surface area (Å²) >= 11 is 0. The van der Waals surface area contributed by atoms with Crippen LogP contribution in [0.25, 0.3) is 0 Å². The van der Waals surface area contributed by atoms with Crippen LogP contribution in [0.3, 0.4) is 0 Å². The topological polar surface area (TPSA) is 106 Å². The Bertz CT molecular complexity index is 779. The maximum absolute atomic E-state index is 13.0. The highest BCUT2D eigenvalue weighted by Crippen LogP contribution is 2.35. The highest BCUT2D eigenvalue weighted by molar-refractivity contribution is 5.88. The molecule has 1 aliphatic heterocycles. The molecule has 8 heteroatoms. The van der Waals surface area contributed by atoms with Crippen LogP contribution in [0.4, 0.5) is 0 Å². The molecule has 0 bridgehead atoms. The maximum Gasteiger partial charge on any atom is 0.325 e. The van der Waals surface area contributed by atoms with Crippen LogP contribution in [0.1, 0.15) is 29.7 Å². The summed E-state index contributed by atoms with van der Waals surface area (Å²) in [6.45, 7) is 3.03. The van der Waals surface area contributed by atoms with Crippen LogP contribution in [-0.4, -0.2) is 45.2 Å². The first kappa shape index (κ1) is 18.1. The Labute approximate surface area is 151 Å². The normalized spacial score (nSPS) is 16.2. The fourth-order valence-electron chi connectivity index (χ4n) is 3.21. The number of hydrogen-bond donors (Lipinski definition) is 2. The summed E-state index contributed by atoms with van der Waals surface area (Å²) in [5.74, 6) is -1.07. The van der Waals surface area contributed by atoms with Crippen molar-refractivity contribution in [2.45, 2.75) is 38.3 Å². The summed E-state index contributed by atoms with van der Waals surface area (Å²) in [7, 11) is 0. The largest absolute Gasteiger partial charge is 0.480 e. The average Bonchev–Trinajstić information content (AvgIpc) is 3.07. The van der Waals surface area contributed by atoms with E-state index in [9.17, 15) is 9.59 Å². The Morgan fingerprint density at radius 3 is 2.62 bits per heavy atom. The number of aliphatic carboxylic acids is 1. The van der Waals surface area contributed by atoms with Gasteiger partial charge in [0.1, 0.15) is 12.2 Å². The zero-order valence-electron chi connectivity index (χ0n) is 14.6. The van der Waals surface area contributed by atoms with Crippen LogP contribution in [-0.2, 0) is 32.8 Å². The summed E-state index contributed by atoms with van der Waals surface area (Å²) in [5, 5.41) is 19.4. The third kappa shape index (κ3) is 3.91. The zero-order chi connectivity index (χ0) is 18.6. The lowest BCUT2D eigenvalue weighted by molar-refractivity contribution is -0.138. The summed E-state index contributed by atoms with van der Waals surface area (Å²) in [4.78, 5) is 23.8. The Morgan fingerprint density at radius 2 is 1.96 bits per heavy atom. The molecule has 3 rings (SSSR count). The molecular formula is C18H22N4O4. The number of ether oxygens (including phenoxy) is 1. The van der Waals surface area contributed by atoms with E-state index in [0.717, 1.165) is 11.1 Å². The number of nitrogens with zero attached hydrogens (tertiary/aromatic N) is 3. The van der Waals surface area contributed by atoms with E-state index < -0.39 is 11.4 Å². The van der Waals surface area contributed by atoms with E-state index in [4.69, 9.17) is 9.84 Å². The Balaban J connectivity index is 1.73. The number of benzene rings is 1. The first-order valence-electron chi connectivity index (χ1n) is 8.54. The molecule has 0 aliphatic carbocycles. The molecule has 1 fully saturated rings. The van der Waals surface area contributed by atoms with Crippen LogP contribution in [0.2, 0.25) is 0 Å². The lowest BCUT2D eigenvalue weighted by Crippen LogP contribution is -2.47. The number of carboxylic acids is 1. The van der Waals surface area contributed by atoms with Gasteiger partial charge in [-0.15, -0.1) is 5.10 Å². The molecule has 138 valence electrons. The molecule has 0 unspecified atom stereocenters. The predicted octanol–water partition coefficient (Wildman–Crippen LogP) is 1.04. The van der Waals surface area contributed by atoms with E-state index in [-0.39, 0.29) is 19.0 Å². The minimum atomic E-state index is -0.994. The van der Waals surface area contributed by atoms with Crippen LogP contribution >= 0.6 is 0 Å². The van der Waals surface area contributed by atoms with Gasteiger partial charge in [-0.3, -0.25) is 9.59 Å². The first-order valence-corrected chi connectivity index (χ1v) is 8.54. The molecule has 0 radical (unpaired) electrons. The van der Waals surface area contributed by atoms with Gasteiger partial charge in [0.2, 0.25) is 5.91 Å². The minimum Gasteiger partial charge on any atom is -0.480 e. The van der Waals surface area contributed by atoms with Crippen molar-refractivity contribution < 1.29 is 19.4 Å². The molecule has 26 heavy (non-hydrogen) atoms. The van der Waals surface area contributed by atoms with E-state index >= 15 is 0 Å².